The molecule has 1 aliphatic heterocycles. The average molecular weight is 187 g/mol. The van der Waals surface area contributed by atoms with Crippen molar-refractivity contribution in [3.8, 4) is 0 Å². The van der Waals surface area contributed by atoms with Crippen LogP contribution in [0.2, 0.25) is 0 Å². The molecule has 0 radical (unpaired) electrons. The zero-order chi connectivity index (χ0) is 9.35. The molecule has 0 aromatic rings. The molecule has 1 aliphatic rings. The topological polar surface area (TPSA) is 48.2 Å². The summed E-state index contributed by atoms with van der Waals surface area (Å²) in [6.07, 6.45) is 0. The van der Waals surface area contributed by atoms with Gasteiger partial charge in [0.25, 0.3) is 0 Å². The molecule has 0 aromatic heterocycles. The van der Waals surface area contributed by atoms with Gasteiger partial charge in [0.15, 0.2) is 11.0 Å². The number of thioether (sulfide) groups is 1. The zero-order valence-corrected chi connectivity index (χ0v) is 8.51. The molecule has 68 valence electrons. The van der Waals surface area contributed by atoms with Crippen molar-refractivity contribution in [1.82, 2.24) is 4.90 Å². The summed E-state index contributed by atoms with van der Waals surface area (Å²) < 4.78 is -0.182. The van der Waals surface area contributed by atoms with Gasteiger partial charge in [-0.1, -0.05) is 16.9 Å². The van der Waals surface area contributed by atoms with Crippen molar-refractivity contribution in [3.63, 3.8) is 0 Å². The number of nitrogens with zero attached hydrogens (tertiary/aromatic N) is 3. The summed E-state index contributed by atoms with van der Waals surface area (Å²) in [5, 5.41) is 12.9. The minimum atomic E-state index is -0.182. The van der Waals surface area contributed by atoms with Crippen LogP contribution in [0.5, 0.6) is 0 Å². The van der Waals surface area contributed by atoms with Crippen molar-refractivity contribution >= 4 is 22.8 Å². The van der Waals surface area contributed by atoms with Gasteiger partial charge in [-0.3, -0.25) is 4.99 Å². The Balaban J connectivity index is 3.04. The van der Waals surface area contributed by atoms with E-state index in [1.165, 1.54) is 0 Å². The standard InChI is InChI=1S/C7H13N3OS/c1-7(2)5(9-11)10(4)6(8-3)12-7/h11H,1-4H3/b8-6?,9-5-. The van der Waals surface area contributed by atoms with E-state index >= 15 is 0 Å². The molecule has 0 bridgehead atoms. The van der Waals surface area contributed by atoms with Crippen LogP contribution in [-0.2, 0) is 0 Å². The van der Waals surface area contributed by atoms with E-state index in [-0.39, 0.29) is 4.75 Å². The predicted molar refractivity (Wildman–Crippen MR) is 52.0 cm³/mol. The second kappa shape index (κ2) is 2.97. The fourth-order valence-electron chi connectivity index (χ4n) is 1.22. The second-order valence-corrected chi connectivity index (χ2v) is 4.69. The van der Waals surface area contributed by atoms with Crippen LogP contribution in [0.4, 0.5) is 0 Å². The lowest BCUT2D eigenvalue weighted by Crippen LogP contribution is -2.33. The molecule has 0 unspecified atom stereocenters. The van der Waals surface area contributed by atoms with Gasteiger partial charge in [0.1, 0.15) is 0 Å². The lowest BCUT2D eigenvalue weighted by molar-refractivity contribution is 0.310. The van der Waals surface area contributed by atoms with Gasteiger partial charge in [0, 0.05) is 14.1 Å². The highest BCUT2D eigenvalue weighted by Gasteiger charge is 2.40. The van der Waals surface area contributed by atoms with Crippen molar-refractivity contribution in [3.05, 3.63) is 0 Å². The van der Waals surface area contributed by atoms with Gasteiger partial charge in [-0.15, -0.1) is 0 Å². The smallest absolute Gasteiger partial charge is 0.166 e. The molecule has 1 N–H and O–H groups in total. The molecule has 1 saturated heterocycles. The third kappa shape index (κ3) is 1.29. The molecule has 4 nitrogen and oxygen atoms in total. The molecular formula is C7H13N3OS. The van der Waals surface area contributed by atoms with Gasteiger partial charge in [0.2, 0.25) is 0 Å². The maximum absolute atomic E-state index is 8.76. The van der Waals surface area contributed by atoms with Gasteiger partial charge in [-0.05, 0) is 13.8 Å². The summed E-state index contributed by atoms with van der Waals surface area (Å²) in [7, 11) is 3.58. The zero-order valence-electron chi connectivity index (χ0n) is 7.70. The van der Waals surface area contributed by atoms with Crippen LogP contribution in [-0.4, -0.2) is 40.0 Å². The first-order chi connectivity index (χ1) is 5.53. The molecule has 0 aromatic carbocycles. The van der Waals surface area contributed by atoms with E-state index in [1.54, 1.807) is 23.7 Å². The Hall–Kier alpha value is -0.710. The quantitative estimate of drug-likeness (QED) is 0.458. The van der Waals surface area contributed by atoms with Crippen LogP contribution >= 0.6 is 11.8 Å². The Morgan fingerprint density at radius 2 is 2.08 bits per heavy atom. The van der Waals surface area contributed by atoms with Gasteiger partial charge >= 0.3 is 0 Å². The van der Waals surface area contributed by atoms with Crippen molar-refractivity contribution in [2.24, 2.45) is 10.1 Å². The molecule has 0 saturated carbocycles. The van der Waals surface area contributed by atoms with Crippen LogP contribution < -0.4 is 0 Å². The highest BCUT2D eigenvalue weighted by Crippen LogP contribution is 2.36. The SMILES string of the molecule is CN=C1SC(C)(C)/C(=N/O)N1C. The lowest BCUT2D eigenvalue weighted by atomic mass is 10.2. The third-order valence-electron chi connectivity index (χ3n) is 1.78. The highest BCUT2D eigenvalue weighted by atomic mass is 32.2. The van der Waals surface area contributed by atoms with Crippen molar-refractivity contribution in [2.45, 2.75) is 18.6 Å². The fraction of sp³-hybridized carbons (Fsp3) is 0.714. The third-order valence-corrected chi connectivity index (χ3v) is 3.11. The second-order valence-electron chi connectivity index (χ2n) is 3.10. The lowest BCUT2D eigenvalue weighted by Gasteiger charge is -2.15. The van der Waals surface area contributed by atoms with Gasteiger partial charge in [0.05, 0.1) is 4.75 Å². The van der Waals surface area contributed by atoms with E-state index in [1.807, 2.05) is 20.9 Å². The molecule has 0 spiro atoms. The van der Waals surface area contributed by atoms with E-state index in [0.29, 0.717) is 5.84 Å². The molecule has 0 atom stereocenters. The predicted octanol–water partition coefficient (Wildman–Crippen LogP) is 1.22. The van der Waals surface area contributed by atoms with Crippen LogP contribution in [0.3, 0.4) is 0 Å². The van der Waals surface area contributed by atoms with Crippen LogP contribution in [0.15, 0.2) is 10.1 Å². The summed E-state index contributed by atoms with van der Waals surface area (Å²) in [5.74, 6) is 0.646. The largest absolute Gasteiger partial charge is 0.409 e. The Bertz CT molecular complexity index is 247. The summed E-state index contributed by atoms with van der Waals surface area (Å²) in [5.41, 5.74) is 0. The molecule has 1 heterocycles. The van der Waals surface area contributed by atoms with Crippen molar-refractivity contribution < 1.29 is 5.21 Å². The summed E-state index contributed by atoms with van der Waals surface area (Å²) in [4.78, 5) is 5.87. The number of oxime groups is 1. The molecule has 1 rings (SSSR count). The molecule has 5 heteroatoms. The summed E-state index contributed by atoms with van der Waals surface area (Å²) in [6, 6.07) is 0. The Labute approximate surface area is 76.3 Å². The van der Waals surface area contributed by atoms with Crippen LogP contribution in [0, 0.1) is 0 Å². The van der Waals surface area contributed by atoms with E-state index in [4.69, 9.17) is 5.21 Å². The minimum absolute atomic E-state index is 0.182. The van der Waals surface area contributed by atoms with E-state index < -0.39 is 0 Å². The molecule has 0 aliphatic carbocycles. The Morgan fingerprint density at radius 1 is 1.50 bits per heavy atom. The Morgan fingerprint density at radius 3 is 2.33 bits per heavy atom. The highest BCUT2D eigenvalue weighted by molar-refractivity contribution is 8.16. The molecular weight excluding hydrogens is 174 g/mol. The van der Waals surface area contributed by atoms with E-state index in [2.05, 4.69) is 10.1 Å². The maximum atomic E-state index is 8.76. The number of amidine groups is 2. The van der Waals surface area contributed by atoms with Gasteiger partial charge < -0.3 is 10.1 Å². The minimum Gasteiger partial charge on any atom is -0.409 e. The van der Waals surface area contributed by atoms with Gasteiger partial charge in [-0.2, -0.15) is 0 Å². The molecule has 1 fully saturated rings. The van der Waals surface area contributed by atoms with Crippen molar-refractivity contribution in [1.29, 1.82) is 0 Å². The first-order valence-electron chi connectivity index (χ1n) is 3.65. The monoisotopic (exact) mass is 187 g/mol. The van der Waals surface area contributed by atoms with Crippen LogP contribution in [0.1, 0.15) is 13.8 Å². The molecule has 12 heavy (non-hydrogen) atoms. The first-order valence-corrected chi connectivity index (χ1v) is 4.46. The number of rotatable bonds is 0. The normalized spacial score (nSPS) is 28.8. The van der Waals surface area contributed by atoms with E-state index in [0.717, 1.165) is 5.17 Å². The van der Waals surface area contributed by atoms with Gasteiger partial charge in [-0.25, -0.2) is 0 Å². The fourth-order valence-corrected chi connectivity index (χ4v) is 2.26. The number of hydrogen-bond acceptors (Lipinski definition) is 4. The number of aliphatic imine (C=N–C) groups is 1. The number of hydrogen-bond donors (Lipinski definition) is 1. The summed E-state index contributed by atoms with van der Waals surface area (Å²) in [6.45, 7) is 4.00. The van der Waals surface area contributed by atoms with E-state index in [9.17, 15) is 0 Å². The first kappa shape index (κ1) is 9.38. The molecule has 0 amide bonds. The van der Waals surface area contributed by atoms with Crippen LogP contribution in [0.25, 0.3) is 0 Å². The maximum Gasteiger partial charge on any atom is 0.166 e. The Kier molecular flexibility index (Phi) is 2.32. The van der Waals surface area contributed by atoms with Crippen molar-refractivity contribution in [2.75, 3.05) is 14.1 Å². The average Bonchev–Trinajstić information content (AvgIpc) is 2.21. The summed E-state index contributed by atoms with van der Waals surface area (Å²) >= 11 is 1.59.